The van der Waals surface area contributed by atoms with Gasteiger partial charge in [-0.1, -0.05) is 0 Å². The van der Waals surface area contributed by atoms with Gasteiger partial charge >= 0.3 is 5.97 Å². The van der Waals surface area contributed by atoms with Crippen LogP contribution in [0.2, 0.25) is 0 Å². The monoisotopic (exact) mass is 259 g/mol. The Balaban J connectivity index is 2.26. The van der Waals surface area contributed by atoms with E-state index in [2.05, 4.69) is 5.32 Å². The lowest BCUT2D eigenvalue weighted by Crippen LogP contribution is -2.64. The third kappa shape index (κ3) is 3.97. The van der Waals surface area contributed by atoms with Gasteiger partial charge in [0, 0.05) is 0 Å². The number of nitrogens with zero attached hydrogens (tertiary/aromatic N) is 1. The summed E-state index contributed by atoms with van der Waals surface area (Å²) in [6, 6.07) is 0. The number of rotatable bonds is 6. The maximum Gasteiger partial charge on any atom is 0.329 e. The molecule has 1 heterocycles. The minimum Gasteiger partial charge on any atom is -0.480 e. The third-order valence-corrected chi connectivity index (χ3v) is 2.57. The van der Waals surface area contributed by atoms with Gasteiger partial charge in [0.2, 0.25) is 11.8 Å². The molecule has 0 unspecified atom stereocenters. The van der Waals surface area contributed by atoms with Crippen molar-refractivity contribution in [2.75, 3.05) is 32.8 Å². The van der Waals surface area contributed by atoms with Gasteiger partial charge in [-0.3, -0.25) is 9.59 Å². The van der Waals surface area contributed by atoms with E-state index >= 15 is 0 Å². The molecule has 1 rings (SSSR count). The van der Waals surface area contributed by atoms with Crippen LogP contribution in [0.15, 0.2) is 0 Å². The Bertz CT molecular complexity index is 351. The average molecular weight is 259 g/mol. The molecule has 0 radical (unpaired) electrons. The molecule has 18 heavy (non-hydrogen) atoms. The van der Waals surface area contributed by atoms with E-state index in [9.17, 15) is 14.4 Å². The Hall–Kier alpha value is -1.67. The number of carboxylic acids is 1. The van der Waals surface area contributed by atoms with E-state index in [1.807, 2.05) is 0 Å². The molecule has 102 valence electrons. The first kappa shape index (κ1) is 14.4. The number of carbonyl (C=O) groups is 3. The van der Waals surface area contributed by atoms with Crippen LogP contribution in [0.4, 0.5) is 0 Å². The minimum absolute atomic E-state index is 0.106. The predicted molar refractivity (Wildman–Crippen MR) is 60.6 cm³/mol. The first-order valence-corrected chi connectivity index (χ1v) is 5.46. The molecule has 8 heteroatoms. The van der Waals surface area contributed by atoms with Crippen molar-refractivity contribution in [1.82, 2.24) is 10.2 Å². The molecular weight excluding hydrogens is 242 g/mol. The van der Waals surface area contributed by atoms with Crippen molar-refractivity contribution < 1.29 is 24.2 Å². The number of ether oxygens (including phenoxy) is 1. The Morgan fingerprint density at radius 2 is 2.06 bits per heavy atom. The molecule has 0 saturated carbocycles. The first-order valence-electron chi connectivity index (χ1n) is 5.46. The van der Waals surface area contributed by atoms with Crippen LogP contribution in [0.25, 0.3) is 0 Å². The number of likely N-dealkylation sites (tertiary alicyclic amines) is 1. The van der Waals surface area contributed by atoms with Crippen LogP contribution in [0.1, 0.15) is 6.92 Å². The fourth-order valence-corrected chi connectivity index (χ4v) is 1.62. The van der Waals surface area contributed by atoms with Crippen molar-refractivity contribution in [3.63, 3.8) is 0 Å². The quantitative estimate of drug-likeness (QED) is 0.496. The number of carboxylic acid groups (broad SMARTS) is 1. The molecule has 0 aromatic heterocycles. The summed E-state index contributed by atoms with van der Waals surface area (Å²) in [5.74, 6) is -1.68. The van der Waals surface area contributed by atoms with E-state index < -0.39 is 17.5 Å². The molecule has 0 aliphatic carbocycles. The SMILES string of the molecule is CC1(OCC(=O)O)CN(C(=O)CNC(=O)CN)C1. The van der Waals surface area contributed by atoms with Gasteiger partial charge < -0.3 is 25.8 Å². The zero-order valence-electron chi connectivity index (χ0n) is 10.1. The molecule has 0 atom stereocenters. The molecule has 1 aliphatic heterocycles. The molecule has 4 N–H and O–H groups in total. The van der Waals surface area contributed by atoms with Gasteiger partial charge in [0.05, 0.1) is 26.2 Å². The second-order valence-corrected chi connectivity index (χ2v) is 4.36. The van der Waals surface area contributed by atoms with Gasteiger partial charge in [0.1, 0.15) is 12.2 Å². The summed E-state index contributed by atoms with van der Waals surface area (Å²) in [6.07, 6.45) is 0. The van der Waals surface area contributed by atoms with Crippen molar-refractivity contribution in [1.29, 1.82) is 0 Å². The Morgan fingerprint density at radius 1 is 1.44 bits per heavy atom. The molecule has 0 aromatic carbocycles. The third-order valence-electron chi connectivity index (χ3n) is 2.57. The summed E-state index contributed by atoms with van der Waals surface area (Å²) in [4.78, 5) is 34.3. The van der Waals surface area contributed by atoms with E-state index in [-0.39, 0.29) is 25.6 Å². The second-order valence-electron chi connectivity index (χ2n) is 4.36. The summed E-state index contributed by atoms with van der Waals surface area (Å²) in [6.45, 7) is 1.72. The smallest absolute Gasteiger partial charge is 0.329 e. The molecule has 8 nitrogen and oxygen atoms in total. The highest BCUT2D eigenvalue weighted by Crippen LogP contribution is 2.24. The van der Waals surface area contributed by atoms with Crippen molar-refractivity contribution in [2.24, 2.45) is 5.73 Å². The predicted octanol–water partition coefficient (Wildman–Crippen LogP) is -2.24. The summed E-state index contributed by atoms with van der Waals surface area (Å²) in [5, 5.41) is 10.8. The highest BCUT2D eigenvalue weighted by molar-refractivity contribution is 5.86. The van der Waals surface area contributed by atoms with E-state index in [0.717, 1.165) is 0 Å². The lowest BCUT2D eigenvalue weighted by atomic mass is 9.96. The maximum absolute atomic E-state index is 11.6. The van der Waals surface area contributed by atoms with Crippen LogP contribution < -0.4 is 11.1 Å². The van der Waals surface area contributed by atoms with Crippen LogP contribution in [0, 0.1) is 0 Å². The number of amides is 2. The normalized spacial score (nSPS) is 16.9. The largest absolute Gasteiger partial charge is 0.480 e. The number of aliphatic carboxylic acids is 1. The summed E-state index contributed by atoms with van der Waals surface area (Å²) in [7, 11) is 0. The van der Waals surface area contributed by atoms with E-state index in [1.165, 1.54) is 4.90 Å². The van der Waals surface area contributed by atoms with Crippen molar-refractivity contribution >= 4 is 17.8 Å². The zero-order chi connectivity index (χ0) is 13.8. The minimum atomic E-state index is -1.05. The van der Waals surface area contributed by atoms with E-state index in [0.29, 0.717) is 13.1 Å². The number of hydrogen-bond acceptors (Lipinski definition) is 5. The Labute approximate surface area is 104 Å². The average Bonchev–Trinajstić information content (AvgIpc) is 2.29. The number of hydrogen-bond donors (Lipinski definition) is 3. The number of nitrogens with one attached hydrogen (secondary N) is 1. The molecular formula is C10H17N3O5. The van der Waals surface area contributed by atoms with Gasteiger partial charge in [-0.2, -0.15) is 0 Å². The highest BCUT2D eigenvalue weighted by Gasteiger charge is 2.42. The molecule has 2 amide bonds. The number of carbonyl (C=O) groups excluding carboxylic acids is 2. The summed E-state index contributed by atoms with van der Waals surface area (Å²) >= 11 is 0. The van der Waals surface area contributed by atoms with Gasteiger partial charge in [0.15, 0.2) is 0 Å². The van der Waals surface area contributed by atoms with Gasteiger partial charge in [-0.05, 0) is 6.92 Å². The van der Waals surface area contributed by atoms with E-state index in [1.54, 1.807) is 6.92 Å². The maximum atomic E-state index is 11.6. The lowest BCUT2D eigenvalue weighted by molar-refractivity contribution is -0.173. The van der Waals surface area contributed by atoms with Gasteiger partial charge in [-0.15, -0.1) is 0 Å². The molecule has 0 bridgehead atoms. The fourth-order valence-electron chi connectivity index (χ4n) is 1.62. The molecule has 0 aromatic rings. The lowest BCUT2D eigenvalue weighted by Gasteiger charge is -2.47. The number of nitrogens with two attached hydrogens (primary N) is 1. The zero-order valence-corrected chi connectivity index (χ0v) is 10.1. The van der Waals surface area contributed by atoms with Crippen LogP contribution >= 0.6 is 0 Å². The molecule has 0 spiro atoms. The molecule has 1 aliphatic rings. The van der Waals surface area contributed by atoms with Crippen LogP contribution in [0.5, 0.6) is 0 Å². The summed E-state index contributed by atoms with van der Waals surface area (Å²) < 4.78 is 5.15. The highest BCUT2D eigenvalue weighted by atomic mass is 16.5. The standard InChI is InChI=1S/C10H17N3O5/c1-10(18-4-9(16)17)5-13(6-10)8(15)3-12-7(14)2-11/h2-6,11H2,1H3,(H,12,14)(H,16,17). The van der Waals surface area contributed by atoms with Crippen LogP contribution in [-0.4, -0.2) is 66.2 Å². The van der Waals surface area contributed by atoms with Crippen LogP contribution in [-0.2, 0) is 19.1 Å². The summed E-state index contributed by atoms with van der Waals surface area (Å²) in [5.41, 5.74) is 4.46. The van der Waals surface area contributed by atoms with Crippen molar-refractivity contribution in [2.45, 2.75) is 12.5 Å². The molecule has 1 fully saturated rings. The van der Waals surface area contributed by atoms with Gasteiger partial charge in [0.25, 0.3) is 0 Å². The van der Waals surface area contributed by atoms with Crippen molar-refractivity contribution in [3.8, 4) is 0 Å². The topological polar surface area (TPSA) is 122 Å². The molecule has 1 saturated heterocycles. The van der Waals surface area contributed by atoms with Crippen LogP contribution in [0.3, 0.4) is 0 Å². The van der Waals surface area contributed by atoms with E-state index in [4.69, 9.17) is 15.6 Å². The Kier molecular flexibility index (Phi) is 4.62. The van der Waals surface area contributed by atoms with Crippen molar-refractivity contribution in [3.05, 3.63) is 0 Å². The fraction of sp³-hybridized carbons (Fsp3) is 0.700. The Morgan fingerprint density at radius 3 is 2.56 bits per heavy atom. The van der Waals surface area contributed by atoms with Gasteiger partial charge in [-0.25, -0.2) is 4.79 Å². The first-order chi connectivity index (χ1) is 8.36. The second kappa shape index (κ2) is 5.78.